The van der Waals surface area contributed by atoms with Gasteiger partial charge in [-0.15, -0.1) is 0 Å². The van der Waals surface area contributed by atoms with Gasteiger partial charge in [-0.1, -0.05) is 18.2 Å². The van der Waals surface area contributed by atoms with Gasteiger partial charge < -0.3 is 10.8 Å². The van der Waals surface area contributed by atoms with Crippen molar-refractivity contribution in [2.24, 2.45) is 23.2 Å². The first-order valence-electron chi connectivity index (χ1n) is 8.14. The zero-order valence-corrected chi connectivity index (χ0v) is 12.3. The predicted molar refractivity (Wildman–Crippen MR) is 81.8 cm³/mol. The van der Waals surface area contributed by atoms with Crippen LogP contribution in [-0.4, -0.2) is 11.1 Å². The minimum absolute atomic E-state index is 0.0456. The number of para-hydroxylation sites is 1. The second-order valence-electron chi connectivity index (χ2n) is 7.68. The van der Waals surface area contributed by atoms with Crippen LogP contribution in [0.5, 0.6) is 0 Å². The van der Waals surface area contributed by atoms with E-state index in [4.69, 9.17) is 5.73 Å². The van der Waals surface area contributed by atoms with E-state index in [1.54, 1.807) is 0 Å². The van der Waals surface area contributed by atoms with Crippen LogP contribution in [0, 0.1) is 23.2 Å². The molecule has 0 saturated heterocycles. The molecular weight excluding hydrogens is 262 g/mol. The number of anilines is 1. The van der Waals surface area contributed by atoms with Gasteiger partial charge in [-0.2, -0.15) is 0 Å². The summed E-state index contributed by atoms with van der Waals surface area (Å²) >= 11 is 0. The molecule has 0 radical (unpaired) electrons. The van der Waals surface area contributed by atoms with Gasteiger partial charge in [-0.25, -0.2) is 0 Å². The van der Waals surface area contributed by atoms with Crippen molar-refractivity contribution in [3.63, 3.8) is 0 Å². The van der Waals surface area contributed by atoms with Crippen LogP contribution in [0.15, 0.2) is 24.3 Å². The Kier molecular flexibility index (Phi) is 2.82. The molecule has 3 nitrogen and oxygen atoms in total. The summed E-state index contributed by atoms with van der Waals surface area (Å²) < 4.78 is 0. The summed E-state index contributed by atoms with van der Waals surface area (Å²) in [5, 5.41) is 9.96. The van der Waals surface area contributed by atoms with Crippen LogP contribution < -0.4 is 5.73 Å². The van der Waals surface area contributed by atoms with Crippen molar-refractivity contribution in [3.05, 3.63) is 29.8 Å². The number of benzene rings is 1. The van der Waals surface area contributed by atoms with E-state index in [0.717, 1.165) is 42.6 Å². The lowest BCUT2D eigenvalue weighted by molar-refractivity contribution is -0.149. The number of nitrogen functional groups attached to an aromatic ring is 1. The normalized spacial score (nSPS) is 38.4. The van der Waals surface area contributed by atoms with Crippen molar-refractivity contribution in [1.82, 2.24) is 0 Å². The Morgan fingerprint density at radius 3 is 2.10 bits per heavy atom. The number of hydrogen-bond acceptors (Lipinski definition) is 2. The molecule has 21 heavy (non-hydrogen) atoms. The molecule has 1 aromatic rings. The predicted octanol–water partition coefficient (Wildman–Crippen LogP) is 3.65. The number of carboxylic acid groups (broad SMARTS) is 1. The summed E-state index contributed by atoms with van der Waals surface area (Å²) in [5.41, 5.74) is 7.55. The third-order valence-corrected chi connectivity index (χ3v) is 6.25. The van der Waals surface area contributed by atoms with Gasteiger partial charge in [0, 0.05) is 5.69 Å². The van der Waals surface area contributed by atoms with Crippen LogP contribution in [0.2, 0.25) is 0 Å². The fraction of sp³-hybridized carbons (Fsp3) is 0.611. The Morgan fingerprint density at radius 1 is 1.10 bits per heavy atom. The van der Waals surface area contributed by atoms with Crippen molar-refractivity contribution in [3.8, 4) is 0 Å². The van der Waals surface area contributed by atoms with Crippen LogP contribution in [-0.2, 0) is 4.79 Å². The Morgan fingerprint density at radius 2 is 1.62 bits per heavy atom. The van der Waals surface area contributed by atoms with E-state index in [2.05, 4.69) is 0 Å². The number of carbonyl (C=O) groups is 1. The standard InChI is InChI=1S/C18H23NO2/c19-15-4-2-1-3-14(15)16(17(20)21)18-8-11-5-12(9-18)7-13(6-11)10-18/h1-4,11-13,16H,5-10,19H2,(H,20,21). The summed E-state index contributed by atoms with van der Waals surface area (Å²) in [7, 11) is 0. The summed E-state index contributed by atoms with van der Waals surface area (Å²) in [6, 6.07) is 7.57. The molecule has 4 aliphatic carbocycles. The zero-order valence-electron chi connectivity index (χ0n) is 12.3. The molecule has 4 fully saturated rings. The molecule has 1 unspecified atom stereocenters. The van der Waals surface area contributed by atoms with Crippen LogP contribution in [0.25, 0.3) is 0 Å². The van der Waals surface area contributed by atoms with E-state index in [9.17, 15) is 9.90 Å². The Balaban J connectivity index is 1.78. The fourth-order valence-corrected chi connectivity index (χ4v) is 6.03. The van der Waals surface area contributed by atoms with Crippen molar-refractivity contribution in [2.75, 3.05) is 5.73 Å². The number of carboxylic acids is 1. The maximum Gasteiger partial charge on any atom is 0.311 e. The number of aliphatic carboxylic acids is 1. The smallest absolute Gasteiger partial charge is 0.311 e. The third-order valence-electron chi connectivity index (χ3n) is 6.25. The van der Waals surface area contributed by atoms with Gasteiger partial charge in [0.05, 0.1) is 5.92 Å². The van der Waals surface area contributed by atoms with Crippen LogP contribution >= 0.6 is 0 Å². The quantitative estimate of drug-likeness (QED) is 0.833. The van der Waals surface area contributed by atoms with Gasteiger partial charge >= 0.3 is 5.97 Å². The first kappa shape index (κ1) is 13.2. The minimum atomic E-state index is -0.685. The molecule has 3 heteroatoms. The first-order chi connectivity index (χ1) is 10.1. The molecule has 1 aromatic carbocycles. The highest BCUT2D eigenvalue weighted by Gasteiger charge is 2.56. The second-order valence-corrected chi connectivity index (χ2v) is 7.68. The number of nitrogens with two attached hydrogens (primary N) is 1. The van der Waals surface area contributed by atoms with Crippen molar-refractivity contribution < 1.29 is 9.90 Å². The number of hydrogen-bond donors (Lipinski definition) is 2. The van der Waals surface area contributed by atoms with E-state index in [-0.39, 0.29) is 5.41 Å². The molecule has 0 spiro atoms. The maximum absolute atomic E-state index is 12.1. The largest absolute Gasteiger partial charge is 0.481 e. The molecule has 0 aromatic heterocycles. The van der Waals surface area contributed by atoms with Gasteiger partial charge in [-0.3, -0.25) is 4.79 Å². The molecule has 4 bridgehead atoms. The Labute approximate surface area is 125 Å². The molecule has 0 aliphatic heterocycles. The molecule has 112 valence electrons. The Bertz CT molecular complexity index is 545. The summed E-state index contributed by atoms with van der Waals surface area (Å²) in [6.07, 6.45) is 7.25. The molecule has 4 aliphatic rings. The molecule has 1 atom stereocenters. The average molecular weight is 285 g/mol. The molecule has 4 saturated carbocycles. The van der Waals surface area contributed by atoms with Gasteiger partial charge in [0.2, 0.25) is 0 Å². The Hall–Kier alpha value is -1.51. The zero-order chi connectivity index (χ0) is 14.6. The van der Waals surface area contributed by atoms with E-state index < -0.39 is 11.9 Å². The topological polar surface area (TPSA) is 63.3 Å². The second kappa shape index (κ2) is 4.49. The first-order valence-corrected chi connectivity index (χ1v) is 8.14. The SMILES string of the molecule is Nc1ccccc1C(C(=O)O)C12CC3CC(CC(C3)C1)C2. The molecule has 3 N–H and O–H groups in total. The lowest BCUT2D eigenvalue weighted by Crippen LogP contribution is -2.50. The minimum Gasteiger partial charge on any atom is -0.481 e. The monoisotopic (exact) mass is 285 g/mol. The maximum atomic E-state index is 12.1. The van der Waals surface area contributed by atoms with Crippen molar-refractivity contribution in [2.45, 2.75) is 44.4 Å². The van der Waals surface area contributed by atoms with Gasteiger partial charge in [0.15, 0.2) is 0 Å². The van der Waals surface area contributed by atoms with Crippen LogP contribution in [0.4, 0.5) is 5.69 Å². The average Bonchev–Trinajstić information content (AvgIpc) is 2.39. The van der Waals surface area contributed by atoms with Crippen LogP contribution in [0.3, 0.4) is 0 Å². The molecule has 0 heterocycles. The third kappa shape index (κ3) is 1.97. The van der Waals surface area contributed by atoms with Gasteiger partial charge in [0.1, 0.15) is 0 Å². The summed E-state index contributed by atoms with van der Waals surface area (Å²) in [6.45, 7) is 0. The molecule has 5 rings (SSSR count). The van der Waals surface area contributed by atoms with Gasteiger partial charge in [0.25, 0.3) is 0 Å². The highest BCUT2D eigenvalue weighted by atomic mass is 16.4. The van der Waals surface area contributed by atoms with Crippen LogP contribution in [0.1, 0.15) is 50.0 Å². The lowest BCUT2D eigenvalue weighted by atomic mass is 9.46. The summed E-state index contributed by atoms with van der Waals surface area (Å²) in [4.78, 5) is 12.1. The van der Waals surface area contributed by atoms with E-state index in [1.807, 2.05) is 24.3 Å². The van der Waals surface area contributed by atoms with E-state index >= 15 is 0 Å². The van der Waals surface area contributed by atoms with E-state index in [1.165, 1.54) is 19.3 Å². The fourth-order valence-electron chi connectivity index (χ4n) is 6.03. The van der Waals surface area contributed by atoms with Crippen molar-refractivity contribution >= 4 is 11.7 Å². The van der Waals surface area contributed by atoms with Gasteiger partial charge in [-0.05, 0) is 73.3 Å². The highest BCUT2D eigenvalue weighted by Crippen LogP contribution is 2.64. The van der Waals surface area contributed by atoms with E-state index in [0.29, 0.717) is 5.69 Å². The molecular formula is C18H23NO2. The van der Waals surface area contributed by atoms with Crippen molar-refractivity contribution in [1.29, 1.82) is 0 Å². The highest BCUT2D eigenvalue weighted by molar-refractivity contribution is 5.80. The lowest BCUT2D eigenvalue weighted by Gasteiger charge is -2.58. The molecule has 0 amide bonds. The number of rotatable bonds is 3. The summed E-state index contributed by atoms with van der Waals surface area (Å²) in [5.74, 6) is 1.15.